The summed E-state index contributed by atoms with van der Waals surface area (Å²) >= 11 is 0. The average Bonchev–Trinajstić information content (AvgIpc) is 2.63. The molecule has 2 N–H and O–H groups in total. The minimum absolute atomic E-state index is 0.245. The van der Waals surface area contributed by atoms with Crippen LogP contribution in [0, 0.1) is 6.92 Å². The fourth-order valence-corrected chi connectivity index (χ4v) is 2.61. The van der Waals surface area contributed by atoms with Gasteiger partial charge in [-0.15, -0.1) is 0 Å². The molecule has 0 aromatic heterocycles. The van der Waals surface area contributed by atoms with Gasteiger partial charge in [0.05, 0.1) is 22.5 Å². The Hall–Kier alpha value is -3.28. The van der Waals surface area contributed by atoms with Gasteiger partial charge < -0.3 is 10.6 Å². The van der Waals surface area contributed by atoms with Crippen molar-refractivity contribution in [1.29, 1.82) is 0 Å². The SMILES string of the molecule is Cc1ccc(Nc2ccccc2C(=O)Nc2ccccc2C(F)(F)F)cc1. The Balaban J connectivity index is 1.87. The van der Waals surface area contributed by atoms with Crippen LogP contribution in [0.5, 0.6) is 0 Å². The highest BCUT2D eigenvalue weighted by Gasteiger charge is 2.33. The van der Waals surface area contributed by atoms with Crippen molar-refractivity contribution in [1.82, 2.24) is 0 Å². The minimum atomic E-state index is -4.55. The molecule has 0 saturated carbocycles. The van der Waals surface area contributed by atoms with Crippen molar-refractivity contribution < 1.29 is 18.0 Å². The second-order valence-electron chi connectivity index (χ2n) is 6.03. The number of alkyl halides is 3. The summed E-state index contributed by atoms with van der Waals surface area (Å²) in [4.78, 5) is 12.6. The first-order valence-electron chi connectivity index (χ1n) is 8.25. The molecule has 0 atom stereocenters. The van der Waals surface area contributed by atoms with Crippen molar-refractivity contribution in [3.05, 3.63) is 89.5 Å². The topological polar surface area (TPSA) is 41.1 Å². The summed E-state index contributed by atoms with van der Waals surface area (Å²) in [6, 6.07) is 19.1. The van der Waals surface area contributed by atoms with Crippen LogP contribution in [0.3, 0.4) is 0 Å². The Morgan fingerprint density at radius 3 is 2.07 bits per heavy atom. The lowest BCUT2D eigenvalue weighted by Gasteiger charge is -2.15. The molecule has 3 aromatic carbocycles. The lowest BCUT2D eigenvalue weighted by molar-refractivity contribution is -0.136. The first-order valence-corrected chi connectivity index (χ1v) is 8.25. The van der Waals surface area contributed by atoms with E-state index in [-0.39, 0.29) is 11.3 Å². The zero-order valence-electron chi connectivity index (χ0n) is 14.5. The number of aryl methyl sites for hydroxylation is 1. The zero-order valence-corrected chi connectivity index (χ0v) is 14.5. The van der Waals surface area contributed by atoms with Crippen LogP contribution in [0.1, 0.15) is 21.5 Å². The molecule has 138 valence electrons. The van der Waals surface area contributed by atoms with Crippen molar-refractivity contribution in [3.63, 3.8) is 0 Å². The molecule has 0 aliphatic heterocycles. The second-order valence-corrected chi connectivity index (χ2v) is 6.03. The summed E-state index contributed by atoms with van der Waals surface area (Å²) in [6.07, 6.45) is -4.55. The van der Waals surface area contributed by atoms with Crippen molar-refractivity contribution in [2.75, 3.05) is 10.6 Å². The number of hydrogen-bond donors (Lipinski definition) is 2. The summed E-state index contributed by atoms with van der Waals surface area (Å²) in [5, 5.41) is 5.50. The molecule has 0 aliphatic carbocycles. The molecule has 0 aliphatic rings. The van der Waals surface area contributed by atoms with Crippen LogP contribution in [-0.2, 0) is 6.18 Å². The molecular weight excluding hydrogens is 353 g/mol. The number of hydrogen-bond acceptors (Lipinski definition) is 2. The molecule has 3 aromatic rings. The van der Waals surface area contributed by atoms with E-state index in [1.54, 1.807) is 24.3 Å². The molecule has 3 nitrogen and oxygen atoms in total. The number of amides is 1. The van der Waals surface area contributed by atoms with Crippen molar-refractivity contribution in [2.24, 2.45) is 0 Å². The highest BCUT2D eigenvalue weighted by molar-refractivity contribution is 6.08. The first kappa shape index (κ1) is 18.5. The number of nitrogens with one attached hydrogen (secondary N) is 2. The maximum absolute atomic E-state index is 13.1. The molecule has 0 saturated heterocycles. The van der Waals surface area contributed by atoms with Crippen molar-refractivity contribution in [2.45, 2.75) is 13.1 Å². The smallest absolute Gasteiger partial charge is 0.355 e. The lowest BCUT2D eigenvalue weighted by atomic mass is 10.1. The third kappa shape index (κ3) is 4.47. The highest BCUT2D eigenvalue weighted by Crippen LogP contribution is 2.35. The fraction of sp³-hybridized carbons (Fsp3) is 0.0952. The van der Waals surface area contributed by atoms with E-state index in [4.69, 9.17) is 0 Å². The number of benzene rings is 3. The predicted octanol–water partition coefficient (Wildman–Crippen LogP) is 6.01. The van der Waals surface area contributed by atoms with E-state index in [9.17, 15) is 18.0 Å². The quantitative estimate of drug-likeness (QED) is 0.590. The molecule has 0 radical (unpaired) electrons. The van der Waals surface area contributed by atoms with Gasteiger partial charge in [0.1, 0.15) is 0 Å². The summed E-state index contributed by atoms with van der Waals surface area (Å²) in [5.74, 6) is -0.623. The van der Waals surface area contributed by atoms with E-state index >= 15 is 0 Å². The van der Waals surface area contributed by atoms with Crippen LogP contribution in [0.15, 0.2) is 72.8 Å². The van der Waals surface area contributed by atoms with Gasteiger partial charge in [-0.25, -0.2) is 0 Å². The van der Waals surface area contributed by atoms with Crippen LogP contribution in [-0.4, -0.2) is 5.91 Å². The molecule has 1 amide bonds. The Kier molecular flexibility index (Phi) is 5.16. The number of carbonyl (C=O) groups excluding carboxylic acids is 1. The molecule has 0 spiro atoms. The lowest BCUT2D eigenvalue weighted by Crippen LogP contribution is -2.17. The van der Waals surface area contributed by atoms with Gasteiger partial charge in [0.15, 0.2) is 0 Å². The van der Waals surface area contributed by atoms with Gasteiger partial charge in [0.2, 0.25) is 0 Å². The van der Waals surface area contributed by atoms with Crippen molar-refractivity contribution in [3.8, 4) is 0 Å². The van der Waals surface area contributed by atoms with E-state index in [1.165, 1.54) is 18.2 Å². The Morgan fingerprint density at radius 2 is 1.41 bits per heavy atom. The summed E-state index contributed by atoms with van der Waals surface area (Å²) in [6.45, 7) is 1.96. The monoisotopic (exact) mass is 370 g/mol. The normalized spacial score (nSPS) is 11.1. The molecule has 0 heterocycles. The molecule has 0 fully saturated rings. The van der Waals surface area contributed by atoms with E-state index in [1.807, 2.05) is 31.2 Å². The fourth-order valence-electron chi connectivity index (χ4n) is 2.61. The van der Waals surface area contributed by atoms with E-state index in [0.29, 0.717) is 5.69 Å². The number of para-hydroxylation sites is 2. The number of rotatable bonds is 4. The summed E-state index contributed by atoms with van der Waals surface area (Å²) in [7, 11) is 0. The Labute approximate surface area is 154 Å². The van der Waals surface area contributed by atoms with Crippen LogP contribution in [0.2, 0.25) is 0 Å². The van der Waals surface area contributed by atoms with E-state index in [2.05, 4.69) is 10.6 Å². The predicted molar refractivity (Wildman–Crippen MR) is 100 cm³/mol. The maximum Gasteiger partial charge on any atom is 0.418 e. The molecule has 0 unspecified atom stereocenters. The van der Waals surface area contributed by atoms with Crippen LogP contribution >= 0.6 is 0 Å². The highest BCUT2D eigenvalue weighted by atomic mass is 19.4. The molecule has 3 rings (SSSR count). The van der Waals surface area contributed by atoms with Crippen LogP contribution in [0.25, 0.3) is 0 Å². The standard InChI is InChI=1S/C21H17F3N2O/c1-14-10-12-15(13-11-14)25-18-8-4-2-6-16(18)20(27)26-19-9-5-3-7-17(19)21(22,23)24/h2-13,25H,1H3,(H,26,27). The molecular formula is C21H17F3N2O. The summed E-state index contributed by atoms with van der Waals surface area (Å²) in [5.41, 5.74) is 1.45. The molecule has 6 heteroatoms. The van der Waals surface area contributed by atoms with Gasteiger partial charge in [-0.2, -0.15) is 13.2 Å². The maximum atomic E-state index is 13.1. The zero-order chi connectivity index (χ0) is 19.4. The third-order valence-corrected chi connectivity index (χ3v) is 3.98. The van der Waals surface area contributed by atoms with Gasteiger partial charge in [-0.05, 0) is 43.3 Å². The number of carbonyl (C=O) groups is 1. The molecule has 0 bridgehead atoms. The summed E-state index contributed by atoms with van der Waals surface area (Å²) < 4.78 is 39.4. The first-order chi connectivity index (χ1) is 12.8. The van der Waals surface area contributed by atoms with Gasteiger partial charge in [-0.1, -0.05) is 42.0 Å². The number of anilines is 3. The second kappa shape index (κ2) is 7.53. The van der Waals surface area contributed by atoms with Gasteiger partial charge in [0.25, 0.3) is 5.91 Å². The minimum Gasteiger partial charge on any atom is -0.355 e. The van der Waals surface area contributed by atoms with E-state index in [0.717, 1.165) is 17.3 Å². The van der Waals surface area contributed by atoms with E-state index < -0.39 is 17.6 Å². The Morgan fingerprint density at radius 1 is 0.815 bits per heavy atom. The largest absolute Gasteiger partial charge is 0.418 e. The number of halogens is 3. The van der Waals surface area contributed by atoms with Crippen LogP contribution < -0.4 is 10.6 Å². The Bertz CT molecular complexity index is 950. The average molecular weight is 370 g/mol. The van der Waals surface area contributed by atoms with Gasteiger partial charge in [0, 0.05) is 5.69 Å². The molecule has 27 heavy (non-hydrogen) atoms. The van der Waals surface area contributed by atoms with Gasteiger partial charge >= 0.3 is 6.18 Å². The van der Waals surface area contributed by atoms with Crippen molar-refractivity contribution >= 4 is 23.0 Å². The third-order valence-electron chi connectivity index (χ3n) is 3.98. The van der Waals surface area contributed by atoms with Gasteiger partial charge in [-0.3, -0.25) is 4.79 Å². The van der Waals surface area contributed by atoms with Crippen LogP contribution in [0.4, 0.5) is 30.2 Å².